The van der Waals surface area contributed by atoms with Gasteiger partial charge in [-0.15, -0.1) is 0 Å². The average Bonchev–Trinajstić information content (AvgIpc) is 2.29. The van der Waals surface area contributed by atoms with Crippen LogP contribution in [-0.4, -0.2) is 22.6 Å². The van der Waals surface area contributed by atoms with Crippen LogP contribution in [0.15, 0.2) is 46.0 Å². The van der Waals surface area contributed by atoms with Gasteiger partial charge in [0.15, 0.2) is 14.1 Å². The molecule has 0 aliphatic heterocycles. The van der Waals surface area contributed by atoms with E-state index in [-0.39, 0.29) is 10.6 Å². The van der Waals surface area contributed by atoms with Gasteiger partial charge in [-0.25, -0.2) is 16.8 Å². The van der Waals surface area contributed by atoms with E-state index >= 15 is 0 Å². The first-order valence-electron chi connectivity index (χ1n) is 4.54. The van der Waals surface area contributed by atoms with E-state index in [1.165, 1.54) is 31.2 Å². The van der Waals surface area contributed by atoms with Gasteiger partial charge >= 0.3 is 0 Å². The molecule has 1 aromatic carbocycles. The van der Waals surface area contributed by atoms with Crippen LogP contribution in [0, 0.1) is 0 Å². The molecule has 88 valence electrons. The number of hydrogen-bond donors (Lipinski definition) is 0. The molecule has 0 aliphatic carbocycles. The summed E-state index contributed by atoms with van der Waals surface area (Å²) in [7, 11) is -7.78. The monoisotopic (exact) mass is 260 g/mol. The van der Waals surface area contributed by atoms with Crippen molar-refractivity contribution in [1.82, 2.24) is 0 Å². The Hall–Kier alpha value is -1.14. The molecular formula is C10H12O4S2. The third-order valence-electron chi connectivity index (χ3n) is 2.08. The van der Waals surface area contributed by atoms with Crippen LogP contribution in [0.1, 0.15) is 6.92 Å². The Balaban J connectivity index is 3.31. The number of hydrogen-bond acceptors (Lipinski definition) is 4. The zero-order chi connectivity index (χ0) is 12.4. The molecule has 0 aromatic heterocycles. The van der Waals surface area contributed by atoms with Crippen molar-refractivity contribution in [3.8, 4) is 0 Å². The summed E-state index contributed by atoms with van der Waals surface area (Å²) in [5, 5.41) is 0. The lowest BCUT2D eigenvalue weighted by Gasteiger charge is -2.06. The van der Waals surface area contributed by atoms with E-state index in [1.54, 1.807) is 6.07 Å². The van der Waals surface area contributed by atoms with Gasteiger partial charge in [-0.1, -0.05) is 31.7 Å². The summed E-state index contributed by atoms with van der Waals surface area (Å²) in [6, 6.07) is 7.38. The van der Waals surface area contributed by atoms with Gasteiger partial charge in [0.05, 0.1) is 10.6 Å². The molecular weight excluding hydrogens is 248 g/mol. The standard InChI is InChI=1S/C10H12O4S2/c1-3-15(11,12)9(2)16(13,14)10-7-5-4-6-8-10/h4-8H,2-3H2,1H3. The second-order valence-corrected chi connectivity index (χ2v) is 7.62. The molecule has 0 N–H and O–H groups in total. The molecule has 0 heterocycles. The molecule has 0 fully saturated rings. The molecule has 0 aliphatic rings. The van der Waals surface area contributed by atoms with Crippen LogP contribution < -0.4 is 0 Å². The summed E-state index contributed by atoms with van der Waals surface area (Å²) >= 11 is 0. The molecule has 0 atom stereocenters. The minimum absolute atomic E-state index is 0.0583. The summed E-state index contributed by atoms with van der Waals surface area (Å²) in [6.07, 6.45) is 0. The van der Waals surface area contributed by atoms with E-state index in [9.17, 15) is 16.8 Å². The first-order chi connectivity index (χ1) is 7.32. The van der Waals surface area contributed by atoms with E-state index in [2.05, 4.69) is 6.58 Å². The van der Waals surface area contributed by atoms with Crippen LogP contribution in [0.25, 0.3) is 0 Å². The van der Waals surface area contributed by atoms with Crippen molar-refractivity contribution in [3.63, 3.8) is 0 Å². The highest BCUT2D eigenvalue weighted by Gasteiger charge is 2.28. The van der Waals surface area contributed by atoms with Crippen LogP contribution in [0.5, 0.6) is 0 Å². The van der Waals surface area contributed by atoms with Crippen molar-refractivity contribution in [1.29, 1.82) is 0 Å². The highest BCUT2D eigenvalue weighted by Crippen LogP contribution is 2.22. The minimum atomic E-state index is -3.99. The van der Waals surface area contributed by atoms with Crippen LogP contribution in [0.4, 0.5) is 0 Å². The molecule has 16 heavy (non-hydrogen) atoms. The molecule has 6 heteroatoms. The zero-order valence-electron chi connectivity index (χ0n) is 8.75. The molecule has 0 unspecified atom stereocenters. The molecule has 0 saturated heterocycles. The van der Waals surface area contributed by atoms with Crippen molar-refractivity contribution in [2.45, 2.75) is 11.8 Å². The zero-order valence-corrected chi connectivity index (χ0v) is 10.4. The fourth-order valence-electron chi connectivity index (χ4n) is 1.06. The first kappa shape index (κ1) is 12.9. The van der Waals surface area contributed by atoms with E-state index in [1.807, 2.05) is 0 Å². The van der Waals surface area contributed by atoms with E-state index in [0.29, 0.717) is 0 Å². The maximum absolute atomic E-state index is 11.9. The van der Waals surface area contributed by atoms with Gasteiger partial charge in [0.1, 0.15) is 0 Å². The minimum Gasteiger partial charge on any atom is -0.223 e. The quantitative estimate of drug-likeness (QED) is 0.820. The number of benzene rings is 1. The Morgan fingerprint density at radius 1 is 1.12 bits per heavy atom. The van der Waals surface area contributed by atoms with Crippen molar-refractivity contribution in [3.05, 3.63) is 41.1 Å². The number of sulfone groups is 2. The van der Waals surface area contributed by atoms with Crippen molar-refractivity contribution in [2.24, 2.45) is 0 Å². The normalized spacial score (nSPS) is 12.3. The average molecular weight is 260 g/mol. The molecule has 0 amide bonds. The Labute approximate surface area is 95.5 Å². The maximum atomic E-state index is 11.9. The topological polar surface area (TPSA) is 68.3 Å². The molecule has 1 rings (SSSR count). The Bertz CT molecular complexity index is 583. The molecule has 4 nitrogen and oxygen atoms in total. The largest absolute Gasteiger partial charge is 0.223 e. The fourth-order valence-corrected chi connectivity index (χ4v) is 4.14. The molecule has 0 saturated carbocycles. The van der Waals surface area contributed by atoms with Gasteiger partial charge in [0, 0.05) is 0 Å². The van der Waals surface area contributed by atoms with Crippen LogP contribution in [0.3, 0.4) is 0 Å². The SMILES string of the molecule is C=C(S(=O)(=O)CC)S(=O)(=O)c1ccccc1. The molecule has 1 aromatic rings. The van der Waals surface area contributed by atoms with Crippen LogP contribution in [-0.2, 0) is 19.7 Å². The molecule has 0 radical (unpaired) electrons. The van der Waals surface area contributed by atoms with Gasteiger partial charge < -0.3 is 0 Å². The van der Waals surface area contributed by atoms with Gasteiger partial charge in [0.25, 0.3) is 0 Å². The predicted octanol–water partition coefficient (Wildman–Crippen LogP) is 1.37. The summed E-state index contributed by atoms with van der Waals surface area (Å²) < 4.78 is 45.9. The van der Waals surface area contributed by atoms with E-state index in [4.69, 9.17) is 0 Å². The van der Waals surface area contributed by atoms with Gasteiger partial charge in [-0.05, 0) is 12.1 Å². The summed E-state index contributed by atoms with van der Waals surface area (Å²) in [6.45, 7) is 4.55. The first-order valence-corrected chi connectivity index (χ1v) is 7.67. The Kier molecular flexibility index (Phi) is 3.54. The molecule has 0 bridgehead atoms. The summed E-state index contributed by atoms with van der Waals surface area (Å²) in [5.41, 5.74) is 0. The van der Waals surface area contributed by atoms with E-state index in [0.717, 1.165) is 0 Å². The third-order valence-corrected chi connectivity index (χ3v) is 6.45. The summed E-state index contributed by atoms with van der Waals surface area (Å²) in [4.78, 5) is -0.0583. The maximum Gasteiger partial charge on any atom is 0.216 e. The third kappa shape index (κ3) is 2.33. The summed E-state index contributed by atoms with van der Waals surface area (Å²) in [5.74, 6) is -0.280. The fraction of sp³-hybridized carbons (Fsp3) is 0.200. The number of rotatable bonds is 4. The highest BCUT2D eigenvalue weighted by molar-refractivity contribution is 8.14. The van der Waals surface area contributed by atoms with Gasteiger partial charge in [-0.2, -0.15) is 0 Å². The highest BCUT2D eigenvalue weighted by atomic mass is 32.3. The molecule has 0 spiro atoms. The van der Waals surface area contributed by atoms with Crippen LogP contribution >= 0.6 is 0 Å². The van der Waals surface area contributed by atoms with E-state index < -0.39 is 23.9 Å². The lowest BCUT2D eigenvalue weighted by molar-refractivity contribution is 0.596. The van der Waals surface area contributed by atoms with Crippen LogP contribution in [0.2, 0.25) is 0 Å². The smallest absolute Gasteiger partial charge is 0.216 e. The van der Waals surface area contributed by atoms with Gasteiger partial charge in [0.2, 0.25) is 9.84 Å². The van der Waals surface area contributed by atoms with Crippen molar-refractivity contribution >= 4 is 19.7 Å². The predicted molar refractivity (Wildman–Crippen MR) is 62.2 cm³/mol. The second kappa shape index (κ2) is 4.39. The second-order valence-electron chi connectivity index (χ2n) is 3.09. The lowest BCUT2D eigenvalue weighted by atomic mass is 10.4. The Morgan fingerprint density at radius 2 is 1.62 bits per heavy atom. The van der Waals surface area contributed by atoms with Crippen molar-refractivity contribution < 1.29 is 16.8 Å². The Morgan fingerprint density at radius 3 is 2.06 bits per heavy atom. The lowest BCUT2D eigenvalue weighted by Crippen LogP contribution is -2.15. The van der Waals surface area contributed by atoms with Gasteiger partial charge in [-0.3, -0.25) is 0 Å². The van der Waals surface area contributed by atoms with Crippen molar-refractivity contribution in [2.75, 3.05) is 5.75 Å².